The van der Waals surface area contributed by atoms with E-state index in [4.69, 9.17) is 0 Å². The molecule has 23 heavy (non-hydrogen) atoms. The number of esters is 1. The van der Waals surface area contributed by atoms with Crippen LogP contribution in [-0.2, 0) is 23.1 Å². The van der Waals surface area contributed by atoms with Crippen molar-refractivity contribution in [2.24, 2.45) is 7.05 Å². The van der Waals surface area contributed by atoms with Crippen molar-refractivity contribution in [2.45, 2.75) is 13.0 Å². The second-order valence-electron chi connectivity index (χ2n) is 5.04. The number of amides is 1. The molecule has 1 aromatic heterocycles. The number of hydrogen-bond donors (Lipinski definition) is 2. The quantitative estimate of drug-likeness (QED) is 0.753. The molecular weight excluding hydrogens is 296 g/mol. The Bertz CT molecular complexity index is 664. The molecule has 0 bridgehead atoms. The van der Waals surface area contributed by atoms with Gasteiger partial charge in [-0.1, -0.05) is 0 Å². The largest absolute Gasteiger partial charge is 0.469 e. The van der Waals surface area contributed by atoms with Crippen molar-refractivity contribution in [2.75, 3.05) is 19.0 Å². The smallest absolute Gasteiger partial charge is 0.307 e. The zero-order valence-electron chi connectivity index (χ0n) is 13.2. The van der Waals surface area contributed by atoms with Crippen LogP contribution in [0.3, 0.4) is 0 Å². The number of carbonyl (C=O) groups excluding carboxylic acids is 2. The monoisotopic (exact) mass is 316 g/mol. The summed E-state index contributed by atoms with van der Waals surface area (Å²) in [6.45, 7) is 0.922. The van der Waals surface area contributed by atoms with Crippen LogP contribution in [0.15, 0.2) is 36.7 Å². The lowest BCUT2D eigenvalue weighted by atomic mass is 10.2. The first-order valence-corrected chi connectivity index (χ1v) is 7.25. The maximum Gasteiger partial charge on any atom is 0.307 e. The third-order valence-electron chi connectivity index (χ3n) is 3.24. The van der Waals surface area contributed by atoms with E-state index in [2.05, 4.69) is 20.5 Å². The number of aromatic nitrogens is 2. The number of anilines is 1. The van der Waals surface area contributed by atoms with E-state index in [0.29, 0.717) is 12.1 Å². The Morgan fingerprint density at radius 2 is 2.00 bits per heavy atom. The van der Waals surface area contributed by atoms with E-state index in [0.717, 1.165) is 11.3 Å². The number of rotatable bonds is 7. The Hall–Kier alpha value is -2.83. The first-order valence-electron chi connectivity index (χ1n) is 7.25. The molecule has 0 unspecified atom stereocenters. The first kappa shape index (κ1) is 16.5. The van der Waals surface area contributed by atoms with Gasteiger partial charge in [-0.3, -0.25) is 14.3 Å². The number of methoxy groups -OCH3 is 1. The number of aryl methyl sites for hydroxylation is 1. The highest BCUT2D eigenvalue weighted by atomic mass is 16.5. The van der Waals surface area contributed by atoms with Gasteiger partial charge in [-0.05, 0) is 24.3 Å². The molecular formula is C16H20N4O3. The van der Waals surface area contributed by atoms with Gasteiger partial charge in [0.1, 0.15) is 0 Å². The summed E-state index contributed by atoms with van der Waals surface area (Å²) in [6, 6.07) is 7.15. The van der Waals surface area contributed by atoms with Crippen molar-refractivity contribution in [3.05, 3.63) is 47.8 Å². The fourth-order valence-corrected chi connectivity index (χ4v) is 1.99. The number of hydrogen-bond acceptors (Lipinski definition) is 5. The molecule has 0 atom stereocenters. The maximum atomic E-state index is 11.9. The van der Waals surface area contributed by atoms with Gasteiger partial charge in [0.25, 0.3) is 5.91 Å². The van der Waals surface area contributed by atoms with Crippen LogP contribution in [0.2, 0.25) is 0 Å². The van der Waals surface area contributed by atoms with E-state index >= 15 is 0 Å². The van der Waals surface area contributed by atoms with Crippen molar-refractivity contribution >= 4 is 17.6 Å². The summed E-state index contributed by atoms with van der Waals surface area (Å²) < 4.78 is 6.26. The van der Waals surface area contributed by atoms with Crippen LogP contribution >= 0.6 is 0 Å². The van der Waals surface area contributed by atoms with Gasteiger partial charge in [0.15, 0.2) is 0 Å². The fraction of sp³-hybridized carbons (Fsp3) is 0.312. The molecule has 0 aliphatic heterocycles. The molecule has 1 amide bonds. The highest BCUT2D eigenvalue weighted by Gasteiger charge is 2.06. The Labute approximate surface area is 134 Å². The molecule has 0 aliphatic carbocycles. The number of ether oxygens (including phenoxy) is 1. The van der Waals surface area contributed by atoms with Crippen LogP contribution in [0.5, 0.6) is 0 Å². The second-order valence-corrected chi connectivity index (χ2v) is 5.04. The number of carbonyl (C=O) groups is 2. The van der Waals surface area contributed by atoms with Gasteiger partial charge >= 0.3 is 5.97 Å². The van der Waals surface area contributed by atoms with E-state index in [9.17, 15) is 9.59 Å². The molecule has 1 heterocycles. The maximum absolute atomic E-state index is 11.9. The van der Waals surface area contributed by atoms with Crippen molar-refractivity contribution in [3.8, 4) is 0 Å². The molecule has 122 valence electrons. The number of benzene rings is 1. The van der Waals surface area contributed by atoms with Crippen molar-refractivity contribution < 1.29 is 14.3 Å². The van der Waals surface area contributed by atoms with Crippen LogP contribution in [-0.4, -0.2) is 35.3 Å². The van der Waals surface area contributed by atoms with Crippen LogP contribution < -0.4 is 10.6 Å². The summed E-state index contributed by atoms with van der Waals surface area (Å²) in [6.07, 6.45) is 3.90. The van der Waals surface area contributed by atoms with Gasteiger partial charge in [0, 0.05) is 43.1 Å². The molecule has 2 rings (SSSR count). The summed E-state index contributed by atoms with van der Waals surface area (Å²) in [4.78, 5) is 22.9. The predicted octanol–water partition coefficient (Wildman–Crippen LogP) is 1.33. The standard InChI is InChI=1S/C16H20N4O3/c1-20-11-12(10-19-20)9-18-14-5-3-13(4-6-14)16(22)17-8-7-15(21)23-2/h3-6,10-11,18H,7-9H2,1-2H3,(H,17,22). The first-order chi connectivity index (χ1) is 11.1. The molecule has 0 fully saturated rings. The number of nitrogens with one attached hydrogen (secondary N) is 2. The van der Waals surface area contributed by atoms with Gasteiger partial charge in [0.05, 0.1) is 19.7 Å². The highest BCUT2D eigenvalue weighted by molar-refractivity contribution is 5.94. The minimum atomic E-state index is -0.347. The molecule has 7 nitrogen and oxygen atoms in total. The zero-order valence-corrected chi connectivity index (χ0v) is 13.2. The van der Waals surface area contributed by atoms with E-state index < -0.39 is 0 Å². The Morgan fingerprint density at radius 3 is 2.61 bits per heavy atom. The molecule has 0 radical (unpaired) electrons. The fourth-order valence-electron chi connectivity index (χ4n) is 1.99. The predicted molar refractivity (Wildman–Crippen MR) is 85.9 cm³/mol. The molecule has 0 spiro atoms. The van der Waals surface area contributed by atoms with Crippen LogP contribution in [0.4, 0.5) is 5.69 Å². The lowest BCUT2D eigenvalue weighted by Gasteiger charge is -2.07. The van der Waals surface area contributed by atoms with Gasteiger partial charge in [-0.25, -0.2) is 0 Å². The topological polar surface area (TPSA) is 85.2 Å². The van der Waals surface area contributed by atoms with Gasteiger partial charge in [0.2, 0.25) is 0 Å². The average molecular weight is 316 g/mol. The molecule has 7 heteroatoms. The molecule has 0 aliphatic rings. The Balaban J connectivity index is 1.81. The minimum Gasteiger partial charge on any atom is -0.469 e. The van der Waals surface area contributed by atoms with Crippen LogP contribution in [0.1, 0.15) is 22.3 Å². The number of nitrogens with zero attached hydrogens (tertiary/aromatic N) is 2. The van der Waals surface area contributed by atoms with Gasteiger partial charge in [-0.2, -0.15) is 5.10 Å². The minimum absolute atomic E-state index is 0.160. The third kappa shape index (κ3) is 5.14. The van der Waals surface area contributed by atoms with Crippen molar-refractivity contribution in [1.29, 1.82) is 0 Å². The van der Waals surface area contributed by atoms with Crippen LogP contribution in [0.25, 0.3) is 0 Å². The van der Waals surface area contributed by atoms with E-state index in [1.807, 2.05) is 25.4 Å². The van der Waals surface area contributed by atoms with Gasteiger partial charge < -0.3 is 15.4 Å². The Morgan fingerprint density at radius 1 is 1.26 bits per heavy atom. The summed E-state index contributed by atoms with van der Waals surface area (Å²) in [5.41, 5.74) is 2.54. The lowest BCUT2D eigenvalue weighted by molar-refractivity contribution is -0.140. The van der Waals surface area contributed by atoms with E-state index in [1.165, 1.54) is 7.11 Å². The molecule has 0 saturated carbocycles. The van der Waals surface area contributed by atoms with Crippen molar-refractivity contribution in [1.82, 2.24) is 15.1 Å². The van der Waals surface area contributed by atoms with Crippen LogP contribution in [0, 0.1) is 0 Å². The second kappa shape index (κ2) is 7.98. The Kier molecular flexibility index (Phi) is 5.74. The molecule has 0 saturated heterocycles. The summed E-state index contributed by atoms with van der Waals surface area (Å²) in [7, 11) is 3.19. The molecule has 1 aromatic carbocycles. The molecule has 2 N–H and O–H groups in total. The molecule has 2 aromatic rings. The van der Waals surface area contributed by atoms with E-state index in [-0.39, 0.29) is 24.8 Å². The summed E-state index contributed by atoms with van der Waals surface area (Å²) in [5, 5.41) is 10.0. The van der Waals surface area contributed by atoms with Gasteiger partial charge in [-0.15, -0.1) is 0 Å². The van der Waals surface area contributed by atoms with Crippen molar-refractivity contribution in [3.63, 3.8) is 0 Å². The highest BCUT2D eigenvalue weighted by Crippen LogP contribution is 2.11. The third-order valence-corrected chi connectivity index (χ3v) is 3.24. The average Bonchev–Trinajstić information content (AvgIpc) is 2.98. The summed E-state index contributed by atoms with van der Waals surface area (Å²) in [5.74, 6) is -0.562. The SMILES string of the molecule is COC(=O)CCNC(=O)c1ccc(NCc2cnn(C)c2)cc1. The van der Waals surface area contributed by atoms with E-state index in [1.54, 1.807) is 23.0 Å². The summed E-state index contributed by atoms with van der Waals surface area (Å²) >= 11 is 0. The lowest BCUT2D eigenvalue weighted by Crippen LogP contribution is -2.26. The normalized spacial score (nSPS) is 10.2. The zero-order chi connectivity index (χ0) is 16.7.